The van der Waals surface area contributed by atoms with Crippen LogP contribution in [-0.4, -0.2) is 23.4 Å². The average Bonchev–Trinajstić information content (AvgIpc) is 2.63. The molecule has 0 aromatic carbocycles. The number of hydrogen-bond acceptors (Lipinski definition) is 2. The van der Waals surface area contributed by atoms with Gasteiger partial charge in [0.05, 0.1) is 11.7 Å². The van der Waals surface area contributed by atoms with E-state index in [0.717, 1.165) is 19.4 Å². The Hall–Kier alpha value is -0.0800. The fourth-order valence-electron chi connectivity index (χ4n) is 2.25. The summed E-state index contributed by atoms with van der Waals surface area (Å²) in [5.74, 6) is 0.569. The van der Waals surface area contributed by atoms with E-state index in [0.29, 0.717) is 5.92 Å². The van der Waals surface area contributed by atoms with Crippen LogP contribution in [0, 0.1) is 5.92 Å². The van der Waals surface area contributed by atoms with Gasteiger partial charge in [0.2, 0.25) is 0 Å². The van der Waals surface area contributed by atoms with Crippen LogP contribution < -0.4 is 0 Å². The molecule has 0 heterocycles. The van der Waals surface area contributed by atoms with Crippen LogP contribution in [0.4, 0.5) is 0 Å². The predicted octanol–water partition coefficient (Wildman–Crippen LogP) is 3.13. The number of ether oxygens (including phenoxy) is 1. The summed E-state index contributed by atoms with van der Waals surface area (Å²) in [6, 6.07) is 0. The van der Waals surface area contributed by atoms with E-state index in [9.17, 15) is 5.11 Å². The topological polar surface area (TPSA) is 29.5 Å². The number of hydrogen-bond donors (Lipinski definition) is 1. The largest absolute Gasteiger partial charge is 0.393 e. The molecule has 1 atom stereocenters. The normalized spacial score (nSPS) is 20.8. The molecule has 1 fully saturated rings. The van der Waals surface area contributed by atoms with Crippen molar-refractivity contribution in [1.82, 2.24) is 0 Å². The molecule has 2 heteroatoms. The summed E-state index contributed by atoms with van der Waals surface area (Å²) in [5, 5.41) is 9.92. The van der Waals surface area contributed by atoms with Crippen LogP contribution in [0.2, 0.25) is 0 Å². The van der Waals surface area contributed by atoms with E-state index in [1.54, 1.807) is 0 Å². The molecule has 1 N–H and O–H groups in total. The second kappa shape index (κ2) is 5.86. The van der Waals surface area contributed by atoms with Crippen molar-refractivity contribution >= 4 is 0 Å². The average molecular weight is 214 g/mol. The molecule has 0 aromatic rings. The first-order valence-electron chi connectivity index (χ1n) is 6.31. The maximum atomic E-state index is 9.92. The van der Waals surface area contributed by atoms with Crippen molar-refractivity contribution in [3.8, 4) is 0 Å². The summed E-state index contributed by atoms with van der Waals surface area (Å²) in [6.07, 6.45) is 6.86. The lowest BCUT2D eigenvalue weighted by Gasteiger charge is -2.21. The Labute approximate surface area is 94.0 Å². The highest BCUT2D eigenvalue weighted by Gasteiger charge is 2.22. The zero-order valence-corrected chi connectivity index (χ0v) is 10.5. The molecular weight excluding hydrogens is 188 g/mol. The van der Waals surface area contributed by atoms with E-state index in [1.165, 1.54) is 25.7 Å². The Morgan fingerprint density at radius 2 is 1.87 bits per heavy atom. The van der Waals surface area contributed by atoms with Crippen molar-refractivity contribution in [2.24, 2.45) is 5.92 Å². The summed E-state index contributed by atoms with van der Waals surface area (Å²) in [7, 11) is 0. The lowest BCUT2D eigenvalue weighted by molar-refractivity contribution is -0.0112. The van der Waals surface area contributed by atoms with Gasteiger partial charge in [0.25, 0.3) is 0 Å². The molecule has 0 spiro atoms. The third-order valence-corrected chi connectivity index (χ3v) is 3.12. The van der Waals surface area contributed by atoms with Crippen molar-refractivity contribution in [2.75, 3.05) is 6.61 Å². The maximum Gasteiger partial charge on any atom is 0.0598 e. The molecule has 0 aromatic heterocycles. The minimum atomic E-state index is -0.0870. The summed E-state index contributed by atoms with van der Waals surface area (Å²) in [4.78, 5) is 0. The van der Waals surface area contributed by atoms with E-state index in [2.05, 4.69) is 20.8 Å². The van der Waals surface area contributed by atoms with Crippen LogP contribution in [0.25, 0.3) is 0 Å². The first kappa shape index (κ1) is 13.0. The Morgan fingerprint density at radius 3 is 2.40 bits per heavy atom. The second-order valence-electron chi connectivity index (χ2n) is 5.71. The minimum absolute atomic E-state index is 0.0433. The zero-order valence-electron chi connectivity index (χ0n) is 10.5. The van der Waals surface area contributed by atoms with Gasteiger partial charge in [-0.15, -0.1) is 0 Å². The molecule has 2 nitrogen and oxygen atoms in total. The van der Waals surface area contributed by atoms with Gasteiger partial charge in [-0.25, -0.2) is 0 Å². The van der Waals surface area contributed by atoms with E-state index < -0.39 is 0 Å². The zero-order chi connectivity index (χ0) is 11.3. The van der Waals surface area contributed by atoms with E-state index in [4.69, 9.17) is 4.74 Å². The molecule has 1 rings (SSSR count). The van der Waals surface area contributed by atoms with E-state index >= 15 is 0 Å². The molecule has 1 saturated carbocycles. The van der Waals surface area contributed by atoms with Crippen LogP contribution in [0.15, 0.2) is 0 Å². The van der Waals surface area contributed by atoms with Crippen LogP contribution in [-0.2, 0) is 4.74 Å². The summed E-state index contributed by atoms with van der Waals surface area (Å²) in [6.45, 7) is 6.98. The third kappa shape index (κ3) is 5.53. The minimum Gasteiger partial charge on any atom is -0.393 e. The van der Waals surface area contributed by atoms with Crippen molar-refractivity contribution in [3.05, 3.63) is 0 Å². The Kier molecular flexibility index (Phi) is 5.07. The summed E-state index contributed by atoms with van der Waals surface area (Å²) >= 11 is 0. The van der Waals surface area contributed by atoms with Gasteiger partial charge in [-0.2, -0.15) is 0 Å². The highest BCUT2D eigenvalue weighted by atomic mass is 16.5. The molecule has 0 bridgehead atoms. The molecule has 0 radical (unpaired) electrons. The Balaban J connectivity index is 2.04. The molecule has 1 aliphatic carbocycles. The third-order valence-electron chi connectivity index (χ3n) is 3.12. The molecule has 90 valence electrons. The van der Waals surface area contributed by atoms with Gasteiger partial charge in [0.1, 0.15) is 0 Å². The Bertz CT molecular complexity index is 166. The van der Waals surface area contributed by atoms with Gasteiger partial charge in [-0.05, 0) is 52.4 Å². The van der Waals surface area contributed by atoms with E-state index in [1.807, 2.05) is 0 Å². The molecular formula is C13H26O2. The van der Waals surface area contributed by atoms with Gasteiger partial charge in [0.15, 0.2) is 0 Å². The smallest absolute Gasteiger partial charge is 0.0598 e. The number of rotatable bonds is 5. The lowest BCUT2D eigenvalue weighted by Crippen LogP contribution is -2.22. The molecule has 1 aliphatic rings. The standard InChI is InChI=1S/C13H26O2/c1-13(2,3)15-10-6-9-12(14)11-7-4-5-8-11/h11-12,14H,4-10H2,1-3H3. The predicted molar refractivity (Wildman–Crippen MR) is 62.9 cm³/mol. The first-order chi connectivity index (χ1) is 6.99. The number of aliphatic hydroxyl groups is 1. The van der Waals surface area contributed by atoms with Crippen LogP contribution in [0.3, 0.4) is 0 Å². The van der Waals surface area contributed by atoms with Gasteiger partial charge in [0, 0.05) is 6.61 Å². The van der Waals surface area contributed by atoms with Crippen LogP contribution in [0.5, 0.6) is 0 Å². The van der Waals surface area contributed by atoms with Crippen molar-refractivity contribution < 1.29 is 9.84 Å². The highest BCUT2D eigenvalue weighted by Crippen LogP contribution is 2.29. The monoisotopic (exact) mass is 214 g/mol. The molecule has 0 saturated heterocycles. The van der Waals surface area contributed by atoms with Crippen LogP contribution in [0.1, 0.15) is 59.3 Å². The first-order valence-corrected chi connectivity index (χ1v) is 6.31. The van der Waals surface area contributed by atoms with Gasteiger partial charge >= 0.3 is 0 Å². The SMILES string of the molecule is CC(C)(C)OCCCC(O)C1CCCC1. The fraction of sp³-hybridized carbons (Fsp3) is 1.00. The molecule has 15 heavy (non-hydrogen) atoms. The maximum absolute atomic E-state index is 9.92. The van der Waals surface area contributed by atoms with Crippen LogP contribution >= 0.6 is 0 Å². The van der Waals surface area contributed by atoms with Gasteiger partial charge in [-0.3, -0.25) is 0 Å². The highest BCUT2D eigenvalue weighted by molar-refractivity contribution is 4.74. The summed E-state index contributed by atoms with van der Waals surface area (Å²) < 4.78 is 5.63. The van der Waals surface area contributed by atoms with Crippen molar-refractivity contribution in [1.29, 1.82) is 0 Å². The fourth-order valence-corrected chi connectivity index (χ4v) is 2.25. The summed E-state index contributed by atoms with van der Waals surface area (Å²) in [5.41, 5.74) is -0.0433. The lowest BCUT2D eigenvalue weighted by atomic mass is 9.97. The van der Waals surface area contributed by atoms with Crippen molar-refractivity contribution in [3.63, 3.8) is 0 Å². The van der Waals surface area contributed by atoms with Gasteiger partial charge < -0.3 is 9.84 Å². The molecule has 0 aliphatic heterocycles. The second-order valence-corrected chi connectivity index (χ2v) is 5.71. The van der Waals surface area contributed by atoms with E-state index in [-0.39, 0.29) is 11.7 Å². The molecule has 1 unspecified atom stereocenters. The quantitative estimate of drug-likeness (QED) is 0.712. The van der Waals surface area contributed by atoms with Crippen molar-refractivity contribution in [2.45, 2.75) is 71.0 Å². The van der Waals surface area contributed by atoms with Gasteiger partial charge in [-0.1, -0.05) is 12.8 Å². The molecule has 0 amide bonds. The number of aliphatic hydroxyl groups excluding tert-OH is 1. The Morgan fingerprint density at radius 1 is 1.27 bits per heavy atom.